The fourth-order valence-electron chi connectivity index (χ4n) is 4.01. The molecule has 0 atom stereocenters. The number of carbonyl (C=O) groups is 2. The van der Waals surface area contributed by atoms with Gasteiger partial charge in [-0.05, 0) is 43.5 Å². The van der Waals surface area contributed by atoms with E-state index in [1.165, 1.54) is 11.3 Å². The van der Waals surface area contributed by atoms with Crippen molar-refractivity contribution >= 4 is 34.7 Å². The van der Waals surface area contributed by atoms with E-state index in [9.17, 15) is 9.59 Å². The van der Waals surface area contributed by atoms with Gasteiger partial charge >= 0.3 is 0 Å². The Kier molecular flexibility index (Phi) is 7.30. The predicted molar refractivity (Wildman–Crippen MR) is 126 cm³/mol. The Labute approximate surface area is 191 Å². The Morgan fingerprint density at radius 2 is 1.87 bits per heavy atom. The molecule has 6 heteroatoms. The van der Waals surface area contributed by atoms with Crippen LogP contribution >= 0.6 is 23.1 Å². The number of ketones is 2. The number of hydrogen-bond acceptors (Lipinski definition) is 6. The third kappa shape index (κ3) is 5.89. The molecule has 4 rings (SSSR count). The molecular formula is C25H26N2O2S2. The highest BCUT2D eigenvalue weighted by atomic mass is 32.2. The Bertz CT molecular complexity index is 1060. The van der Waals surface area contributed by atoms with Gasteiger partial charge in [0.1, 0.15) is 10.8 Å². The van der Waals surface area contributed by atoms with Crippen LogP contribution in [0.2, 0.25) is 0 Å². The van der Waals surface area contributed by atoms with Crippen molar-refractivity contribution in [2.45, 2.75) is 56.1 Å². The van der Waals surface area contributed by atoms with Crippen LogP contribution in [0.5, 0.6) is 0 Å². The Hall–Kier alpha value is -2.31. The lowest BCUT2D eigenvalue weighted by atomic mass is 9.90. The number of hydrogen-bond donors (Lipinski definition) is 0. The van der Waals surface area contributed by atoms with Crippen LogP contribution in [0.25, 0.3) is 0 Å². The van der Waals surface area contributed by atoms with E-state index in [2.05, 4.69) is 9.97 Å². The van der Waals surface area contributed by atoms with Crippen molar-refractivity contribution in [2.24, 2.45) is 5.92 Å². The number of thioether (sulfide) groups is 1. The van der Waals surface area contributed by atoms with Crippen LogP contribution in [0, 0.1) is 12.8 Å². The number of thiazole rings is 1. The fourth-order valence-corrected chi connectivity index (χ4v) is 5.72. The standard InChI is InChI=1S/C25H26N2O2S2/c1-17-6-7-19(23(12-17)25(29)18-4-2-3-5-18)13-21(28)14-24-27-20(16-31-24)15-30-22-8-10-26-11-9-22/h6-12,16,18H,2-5,13-15H2,1H3. The number of pyridine rings is 1. The highest BCUT2D eigenvalue weighted by Crippen LogP contribution is 2.30. The van der Waals surface area contributed by atoms with Gasteiger partial charge in [-0.15, -0.1) is 23.1 Å². The van der Waals surface area contributed by atoms with Gasteiger partial charge in [0, 0.05) is 46.3 Å². The lowest BCUT2D eigenvalue weighted by Gasteiger charge is -2.13. The summed E-state index contributed by atoms with van der Waals surface area (Å²) in [5, 5.41) is 2.86. The van der Waals surface area contributed by atoms with E-state index in [0.717, 1.165) is 63.7 Å². The van der Waals surface area contributed by atoms with Gasteiger partial charge in [0.05, 0.1) is 12.1 Å². The molecule has 1 saturated carbocycles. The van der Waals surface area contributed by atoms with Crippen molar-refractivity contribution in [1.29, 1.82) is 0 Å². The molecule has 2 heterocycles. The number of rotatable bonds is 9. The summed E-state index contributed by atoms with van der Waals surface area (Å²) in [6.45, 7) is 2.00. The summed E-state index contributed by atoms with van der Waals surface area (Å²) in [7, 11) is 0. The number of carbonyl (C=O) groups excluding carboxylic acids is 2. The lowest BCUT2D eigenvalue weighted by molar-refractivity contribution is -0.117. The van der Waals surface area contributed by atoms with E-state index in [0.29, 0.717) is 6.42 Å². The Morgan fingerprint density at radius 1 is 1.10 bits per heavy atom. The van der Waals surface area contributed by atoms with Gasteiger partial charge in [-0.3, -0.25) is 14.6 Å². The minimum Gasteiger partial charge on any atom is -0.299 e. The van der Waals surface area contributed by atoms with Crippen molar-refractivity contribution in [3.63, 3.8) is 0 Å². The summed E-state index contributed by atoms with van der Waals surface area (Å²) < 4.78 is 0. The van der Waals surface area contributed by atoms with Gasteiger partial charge in [-0.2, -0.15) is 0 Å². The Morgan fingerprint density at radius 3 is 2.65 bits per heavy atom. The minimum absolute atomic E-state index is 0.104. The first-order valence-electron chi connectivity index (χ1n) is 10.7. The lowest BCUT2D eigenvalue weighted by Crippen LogP contribution is -2.16. The molecule has 1 aromatic carbocycles. The molecule has 0 aliphatic heterocycles. The number of aryl methyl sites for hydroxylation is 1. The van der Waals surface area contributed by atoms with Crippen LogP contribution in [-0.4, -0.2) is 21.5 Å². The first-order valence-corrected chi connectivity index (χ1v) is 12.6. The molecule has 2 aromatic heterocycles. The molecule has 0 saturated heterocycles. The number of nitrogens with zero attached hydrogens (tertiary/aromatic N) is 2. The van der Waals surface area contributed by atoms with E-state index >= 15 is 0 Å². The van der Waals surface area contributed by atoms with Gasteiger partial charge in [-0.25, -0.2) is 4.98 Å². The van der Waals surface area contributed by atoms with Crippen LogP contribution in [0.4, 0.5) is 0 Å². The van der Waals surface area contributed by atoms with Crippen molar-refractivity contribution in [2.75, 3.05) is 0 Å². The molecular weight excluding hydrogens is 424 g/mol. The smallest absolute Gasteiger partial charge is 0.166 e. The molecule has 1 aliphatic rings. The molecule has 0 bridgehead atoms. The largest absolute Gasteiger partial charge is 0.299 e. The van der Waals surface area contributed by atoms with Crippen LogP contribution < -0.4 is 0 Å². The first kappa shape index (κ1) is 21.9. The molecule has 1 fully saturated rings. The molecule has 0 radical (unpaired) electrons. The number of Topliss-reactive ketones (excluding diaryl/α,β-unsaturated/α-hetero) is 2. The molecule has 31 heavy (non-hydrogen) atoms. The molecule has 1 aliphatic carbocycles. The van der Waals surface area contributed by atoms with Gasteiger partial charge in [0.2, 0.25) is 0 Å². The summed E-state index contributed by atoms with van der Waals surface area (Å²) in [5.41, 5.74) is 3.65. The maximum atomic E-state index is 13.0. The van der Waals surface area contributed by atoms with Crippen LogP contribution in [0.3, 0.4) is 0 Å². The van der Waals surface area contributed by atoms with Gasteiger partial charge < -0.3 is 0 Å². The second-order valence-electron chi connectivity index (χ2n) is 8.10. The molecule has 4 nitrogen and oxygen atoms in total. The zero-order valence-corrected chi connectivity index (χ0v) is 19.3. The van der Waals surface area contributed by atoms with Gasteiger partial charge in [-0.1, -0.05) is 30.5 Å². The van der Waals surface area contributed by atoms with Crippen molar-refractivity contribution in [3.05, 3.63) is 75.5 Å². The summed E-state index contributed by atoms with van der Waals surface area (Å²) in [6, 6.07) is 9.86. The van der Waals surface area contributed by atoms with Gasteiger partial charge in [0.25, 0.3) is 0 Å². The molecule has 0 N–H and O–H groups in total. The van der Waals surface area contributed by atoms with Crippen LogP contribution in [0.1, 0.15) is 57.9 Å². The summed E-state index contributed by atoms with van der Waals surface area (Å²) in [4.78, 5) is 35.6. The zero-order chi connectivity index (χ0) is 21.6. The second-order valence-corrected chi connectivity index (χ2v) is 10.1. The molecule has 0 spiro atoms. The quantitative estimate of drug-likeness (QED) is 0.302. The minimum atomic E-state index is 0.104. The highest BCUT2D eigenvalue weighted by molar-refractivity contribution is 7.98. The molecule has 160 valence electrons. The number of benzene rings is 1. The summed E-state index contributed by atoms with van der Waals surface area (Å²) >= 11 is 3.24. The maximum absolute atomic E-state index is 13.0. The average molecular weight is 451 g/mol. The van der Waals surface area contributed by atoms with Crippen molar-refractivity contribution in [3.8, 4) is 0 Å². The van der Waals surface area contributed by atoms with E-state index in [-0.39, 0.29) is 23.9 Å². The Balaban J connectivity index is 1.38. The fraction of sp³-hybridized carbons (Fsp3) is 0.360. The topological polar surface area (TPSA) is 59.9 Å². The van der Waals surface area contributed by atoms with Crippen LogP contribution in [0.15, 0.2) is 53.0 Å². The molecule has 3 aromatic rings. The number of aromatic nitrogens is 2. The van der Waals surface area contributed by atoms with Crippen molar-refractivity contribution in [1.82, 2.24) is 9.97 Å². The van der Waals surface area contributed by atoms with E-state index in [4.69, 9.17) is 0 Å². The summed E-state index contributed by atoms with van der Waals surface area (Å²) in [6.07, 6.45) is 8.36. The molecule has 0 amide bonds. The molecule has 0 unspecified atom stereocenters. The predicted octanol–water partition coefficient (Wildman–Crippen LogP) is 5.87. The van der Waals surface area contributed by atoms with E-state index < -0.39 is 0 Å². The average Bonchev–Trinajstić information content (AvgIpc) is 3.46. The third-order valence-electron chi connectivity index (χ3n) is 5.63. The normalized spacial score (nSPS) is 14.1. The SMILES string of the molecule is Cc1ccc(CC(=O)Cc2nc(CSc3ccncc3)cs2)c(C(=O)C2CCCC2)c1. The first-order chi connectivity index (χ1) is 15.1. The van der Waals surface area contributed by atoms with Gasteiger partial charge in [0.15, 0.2) is 5.78 Å². The second kappa shape index (κ2) is 10.3. The third-order valence-corrected chi connectivity index (χ3v) is 7.57. The van der Waals surface area contributed by atoms with E-state index in [1.54, 1.807) is 24.2 Å². The van der Waals surface area contributed by atoms with Crippen LogP contribution in [-0.2, 0) is 23.4 Å². The highest BCUT2D eigenvalue weighted by Gasteiger charge is 2.26. The monoisotopic (exact) mass is 450 g/mol. The van der Waals surface area contributed by atoms with Crippen molar-refractivity contribution < 1.29 is 9.59 Å². The zero-order valence-electron chi connectivity index (χ0n) is 17.7. The maximum Gasteiger partial charge on any atom is 0.166 e. The van der Waals surface area contributed by atoms with E-state index in [1.807, 2.05) is 42.6 Å². The summed E-state index contributed by atoms with van der Waals surface area (Å²) in [5.74, 6) is 1.21.